The zero-order valence-corrected chi connectivity index (χ0v) is 14.5. The molecule has 0 spiro atoms. The van der Waals surface area contributed by atoms with Gasteiger partial charge in [-0.05, 0) is 28.9 Å². The van der Waals surface area contributed by atoms with Gasteiger partial charge in [0, 0.05) is 13.1 Å². The smallest absolute Gasteiger partial charge is 0.414 e. The summed E-state index contributed by atoms with van der Waals surface area (Å²) in [5.41, 5.74) is 2.75. The summed E-state index contributed by atoms with van der Waals surface area (Å²) in [5.74, 6) is -3.65. The summed E-state index contributed by atoms with van der Waals surface area (Å²) in [4.78, 5) is 20.6. The molecule has 0 radical (unpaired) electrons. The van der Waals surface area contributed by atoms with E-state index >= 15 is 0 Å². The molecule has 0 saturated heterocycles. The first kappa shape index (κ1) is 19.1. The third-order valence-electron chi connectivity index (χ3n) is 3.80. The van der Waals surface area contributed by atoms with E-state index in [0.717, 1.165) is 13.1 Å². The zero-order valence-electron chi connectivity index (χ0n) is 14.5. The van der Waals surface area contributed by atoms with Crippen LogP contribution >= 0.6 is 0 Å². The maximum absolute atomic E-state index is 9.10. The number of hydrogen-bond acceptors (Lipinski definition) is 3. The van der Waals surface area contributed by atoms with Crippen LogP contribution in [0.5, 0.6) is 0 Å². The van der Waals surface area contributed by atoms with E-state index in [1.54, 1.807) is 0 Å². The second kappa shape index (κ2) is 9.34. The maximum Gasteiger partial charge on any atom is 0.414 e. The molecule has 26 heavy (non-hydrogen) atoms. The topological polar surface area (TPSA) is 77.8 Å². The van der Waals surface area contributed by atoms with Crippen molar-refractivity contribution in [1.29, 1.82) is 0 Å². The average Bonchev–Trinajstić information content (AvgIpc) is 2.63. The van der Waals surface area contributed by atoms with Crippen molar-refractivity contribution in [2.24, 2.45) is 0 Å². The first-order valence-electron chi connectivity index (χ1n) is 8.12. The van der Waals surface area contributed by atoms with Crippen molar-refractivity contribution in [1.82, 2.24) is 4.90 Å². The Labute approximate surface area is 152 Å². The Kier molecular flexibility index (Phi) is 6.88. The molecule has 0 aromatic heterocycles. The molecule has 0 fully saturated rings. The molecule has 0 atom stereocenters. The highest BCUT2D eigenvalue weighted by Gasteiger charge is 2.05. The molecule has 0 aliphatic heterocycles. The number of nitrogens with zero attached hydrogens (tertiary/aromatic N) is 1. The molecule has 0 aliphatic rings. The first-order valence-corrected chi connectivity index (χ1v) is 8.12. The summed E-state index contributed by atoms with van der Waals surface area (Å²) in [6.07, 6.45) is 0. The van der Waals surface area contributed by atoms with E-state index in [-0.39, 0.29) is 0 Å². The lowest BCUT2D eigenvalue weighted by Crippen LogP contribution is -2.17. The van der Waals surface area contributed by atoms with Gasteiger partial charge in [0.15, 0.2) is 0 Å². The number of carboxylic acid groups (broad SMARTS) is 2. The maximum atomic E-state index is 9.10. The highest BCUT2D eigenvalue weighted by atomic mass is 16.4. The standard InChI is InChI=1S/C19H19N.C2H2O4/c1-20(14-16-8-3-2-4-9-16)15-18-12-7-11-17-10-5-6-13-19(17)18;3-1(4)2(5)6/h2-13H,14-15H2,1H3;(H,3,4)(H,5,6). The summed E-state index contributed by atoms with van der Waals surface area (Å²) in [6, 6.07) is 25.8. The lowest BCUT2D eigenvalue weighted by molar-refractivity contribution is -0.159. The fourth-order valence-corrected chi connectivity index (χ4v) is 2.67. The Morgan fingerprint density at radius 2 is 1.35 bits per heavy atom. The van der Waals surface area contributed by atoms with Gasteiger partial charge < -0.3 is 10.2 Å². The van der Waals surface area contributed by atoms with Crippen LogP contribution in [0.2, 0.25) is 0 Å². The van der Waals surface area contributed by atoms with Crippen molar-refractivity contribution >= 4 is 22.7 Å². The van der Waals surface area contributed by atoms with E-state index in [0.29, 0.717) is 0 Å². The van der Waals surface area contributed by atoms with E-state index in [2.05, 4.69) is 84.7 Å². The number of benzene rings is 3. The molecule has 0 aliphatic carbocycles. The Morgan fingerprint density at radius 3 is 2.00 bits per heavy atom. The van der Waals surface area contributed by atoms with Gasteiger partial charge in [0.2, 0.25) is 0 Å². The predicted octanol–water partition coefficient (Wildman–Crippen LogP) is 3.63. The van der Waals surface area contributed by atoms with Gasteiger partial charge in [0.25, 0.3) is 0 Å². The van der Waals surface area contributed by atoms with Crippen molar-refractivity contribution < 1.29 is 19.8 Å². The minimum Gasteiger partial charge on any atom is -0.473 e. The summed E-state index contributed by atoms with van der Waals surface area (Å²) < 4.78 is 0. The van der Waals surface area contributed by atoms with Crippen molar-refractivity contribution in [2.45, 2.75) is 13.1 Å². The molecule has 134 valence electrons. The summed E-state index contributed by atoms with van der Waals surface area (Å²) >= 11 is 0. The number of rotatable bonds is 4. The van der Waals surface area contributed by atoms with Crippen LogP contribution in [-0.4, -0.2) is 34.1 Å². The molecule has 0 saturated carbocycles. The van der Waals surface area contributed by atoms with Gasteiger partial charge in [-0.25, -0.2) is 9.59 Å². The van der Waals surface area contributed by atoms with Gasteiger partial charge >= 0.3 is 11.9 Å². The van der Waals surface area contributed by atoms with Crippen LogP contribution in [0.1, 0.15) is 11.1 Å². The number of fused-ring (bicyclic) bond motifs is 1. The molecule has 0 amide bonds. The second-order valence-corrected chi connectivity index (χ2v) is 5.91. The fraction of sp³-hybridized carbons (Fsp3) is 0.143. The molecular weight excluding hydrogens is 330 g/mol. The van der Waals surface area contributed by atoms with Crippen LogP contribution in [0.15, 0.2) is 72.8 Å². The van der Waals surface area contributed by atoms with Crippen molar-refractivity contribution in [2.75, 3.05) is 7.05 Å². The van der Waals surface area contributed by atoms with E-state index in [9.17, 15) is 0 Å². The molecule has 3 aromatic rings. The SMILES string of the molecule is CN(Cc1ccccc1)Cc1cccc2ccccc12.O=C(O)C(=O)O. The highest BCUT2D eigenvalue weighted by molar-refractivity contribution is 6.27. The van der Waals surface area contributed by atoms with Gasteiger partial charge in [-0.1, -0.05) is 72.8 Å². The van der Waals surface area contributed by atoms with Gasteiger partial charge in [0.1, 0.15) is 0 Å². The minimum atomic E-state index is -1.82. The summed E-state index contributed by atoms with van der Waals surface area (Å²) in [5, 5.41) is 17.5. The average molecular weight is 351 g/mol. The van der Waals surface area contributed by atoms with Crippen molar-refractivity contribution in [3.63, 3.8) is 0 Å². The van der Waals surface area contributed by atoms with Crippen LogP contribution in [-0.2, 0) is 22.7 Å². The number of carbonyl (C=O) groups is 2. The van der Waals surface area contributed by atoms with Crippen LogP contribution in [0.3, 0.4) is 0 Å². The molecule has 3 rings (SSSR count). The quantitative estimate of drug-likeness (QED) is 0.702. The molecule has 5 heteroatoms. The third-order valence-corrected chi connectivity index (χ3v) is 3.80. The van der Waals surface area contributed by atoms with Gasteiger partial charge in [-0.15, -0.1) is 0 Å². The Bertz CT molecular complexity index is 860. The normalized spacial score (nSPS) is 10.2. The number of carboxylic acids is 2. The second-order valence-electron chi connectivity index (χ2n) is 5.91. The van der Waals surface area contributed by atoms with E-state index in [1.807, 2.05) is 0 Å². The van der Waals surface area contributed by atoms with Gasteiger partial charge in [-0.2, -0.15) is 0 Å². The summed E-state index contributed by atoms with van der Waals surface area (Å²) in [7, 11) is 2.18. The van der Waals surface area contributed by atoms with Gasteiger partial charge in [-0.3, -0.25) is 4.90 Å². The largest absolute Gasteiger partial charge is 0.473 e. The van der Waals surface area contributed by atoms with Crippen molar-refractivity contribution in [3.05, 3.63) is 83.9 Å². The Balaban J connectivity index is 0.000000352. The summed E-state index contributed by atoms with van der Waals surface area (Å²) in [6.45, 7) is 1.94. The number of hydrogen-bond donors (Lipinski definition) is 2. The van der Waals surface area contributed by atoms with Crippen LogP contribution in [0.25, 0.3) is 10.8 Å². The van der Waals surface area contributed by atoms with Crippen molar-refractivity contribution in [3.8, 4) is 0 Å². The monoisotopic (exact) mass is 351 g/mol. The molecule has 3 aromatic carbocycles. The molecule has 2 N–H and O–H groups in total. The number of aliphatic carboxylic acids is 2. The molecule has 0 bridgehead atoms. The molecule has 5 nitrogen and oxygen atoms in total. The third kappa shape index (κ3) is 5.72. The zero-order chi connectivity index (χ0) is 18.9. The molecule has 0 heterocycles. The van der Waals surface area contributed by atoms with Crippen LogP contribution < -0.4 is 0 Å². The van der Waals surface area contributed by atoms with Crippen LogP contribution in [0, 0.1) is 0 Å². The highest BCUT2D eigenvalue weighted by Crippen LogP contribution is 2.20. The first-order chi connectivity index (χ1) is 12.5. The minimum absolute atomic E-state index is 0.968. The Morgan fingerprint density at radius 1 is 0.769 bits per heavy atom. The van der Waals surface area contributed by atoms with Crippen LogP contribution in [0.4, 0.5) is 0 Å². The fourth-order valence-electron chi connectivity index (χ4n) is 2.67. The molecular formula is C21H21NO4. The molecule has 0 unspecified atom stereocenters. The van der Waals surface area contributed by atoms with Gasteiger partial charge in [0.05, 0.1) is 0 Å². The van der Waals surface area contributed by atoms with E-state index < -0.39 is 11.9 Å². The predicted molar refractivity (Wildman–Crippen MR) is 101 cm³/mol. The van der Waals surface area contributed by atoms with E-state index in [4.69, 9.17) is 19.8 Å². The Hall–Kier alpha value is -3.18. The van der Waals surface area contributed by atoms with E-state index in [1.165, 1.54) is 21.9 Å². The lowest BCUT2D eigenvalue weighted by Gasteiger charge is -2.18. The lowest BCUT2D eigenvalue weighted by atomic mass is 10.0.